The summed E-state index contributed by atoms with van der Waals surface area (Å²) < 4.78 is 16.8. The number of benzene rings is 1. The zero-order valence-electron chi connectivity index (χ0n) is 12.8. The maximum absolute atomic E-state index is 5.69. The normalized spacial score (nSPS) is 14.6. The molecule has 5 nitrogen and oxygen atoms in total. The van der Waals surface area contributed by atoms with Gasteiger partial charge in [0.15, 0.2) is 11.5 Å². The first-order chi connectivity index (χ1) is 10.8. The van der Waals surface area contributed by atoms with Crippen molar-refractivity contribution in [2.24, 2.45) is 0 Å². The number of nitrogens with one attached hydrogen (secondary N) is 1. The van der Waals surface area contributed by atoms with Crippen LogP contribution in [-0.4, -0.2) is 24.8 Å². The fraction of sp³-hybridized carbons (Fsp3) is 0.438. The number of ether oxygens (including phenoxy) is 3. The molecule has 1 atom stereocenters. The van der Waals surface area contributed by atoms with E-state index in [0.717, 1.165) is 27.9 Å². The number of nitrogens with zero attached hydrogens (tertiary/aromatic N) is 1. The molecule has 0 saturated heterocycles. The van der Waals surface area contributed by atoms with Gasteiger partial charge < -0.3 is 19.5 Å². The van der Waals surface area contributed by atoms with E-state index in [-0.39, 0.29) is 6.10 Å². The summed E-state index contributed by atoms with van der Waals surface area (Å²) in [5.74, 6) is 1.58. The summed E-state index contributed by atoms with van der Waals surface area (Å²) in [6.45, 7) is 6.54. The highest BCUT2D eigenvalue weighted by Gasteiger charge is 2.16. The Kier molecular flexibility index (Phi) is 4.80. The molecule has 0 bridgehead atoms. The summed E-state index contributed by atoms with van der Waals surface area (Å²) in [6, 6.07) is 5.87. The summed E-state index contributed by atoms with van der Waals surface area (Å²) in [7, 11) is 0. The molecule has 0 radical (unpaired) electrons. The van der Waals surface area contributed by atoms with Crippen molar-refractivity contribution >= 4 is 17.0 Å². The van der Waals surface area contributed by atoms with Gasteiger partial charge in [-0.05, 0) is 26.0 Å². The van der Waals surface area contributed by atoms with Crippen LogP contribution in [0.25, 0.3) is 0 Å². The van der Waals surface area contributed by atoms with Gasteiger partial charge in [0.1, 0.15) is 24.3 Å². The van der Waals surface area contributed by atoms with E-state index in [1.807, 2.05) is 32.0 Å². The molecule has 0 aliphatic carbocycles. The summed E-state index contributed by atoms with van der Waals surface area (Å²) >= 11 is 1.63. The molecule has 1 aromatic heterocycles. The third-order valence-corrected chi connectivity index (χ3v) is 4.41. The molecule has 1 aliphatic rings. The van der Waals surface area contributed by atoms with Gasteiger partial charge in [0.2, 0.25) is 0 Å². The summed E-state index contributed by atoms with van der Waals surface area (Å²) in [5.41, 5.74) is 1.94. The van der Waals surface area contributed by atoms with Gasteiger partial charge >= 0.3 is 0 Å². The maximum atomic E-state index is 5.69. The predicted molar refractivity (Wildman–Crippen MR) is 86.9 cm³/mol. The first kappa shape index (κ1) is 15.1. The number of anilines is 1. The fourth-order valence-corrected chi connectivity index (χ4v) is 3.13. The molecular weight excluding hydrogens is 300 g/mol. The van der Waals surface area contributed by atoms with E-state index in [0.29, 0.717) is 26.4 Å². The molecule has 6 heteroatoms. The molecule has 3 rings (SSSR count). The van der Waals surface area contributed by atoms with E-state index in [1.54, 1.807) is 11.3 Å². The molecule has 0 amide bonds. The van der Waals surface area contributed by atoms with Crippen LogP contribution in [0.5, 0.6) is 11.5 Å². The molecule has 0 saturated carbocycles. The molecule has 22 heavy (non-hydrogen) atoms. The second kappa shape index (κ2) is 6.98. The molecule has 0 spiro atoms. The third kappa shape index (κ3) is 3.34. The molecule has 2 heterocycles. The Labute approximate surface area is 134 Å². The smallest absolute Gasteiger partial charge is 0.184 e. The second-order valence-electron chi connectivity index (χ2n) is 4.96. The highest BCUT2D eigenvalue weighted by atomic mass is 32.1. The van der Waals surface area contributed by atoms with Gasteiger partial charge in [-0.25, -0.2) is 4.98 Å². The van der Waals surface area contributed by atoms with Crippen molar-refractivity contribution in [2.45, 2.75) is 26.5 Å². The molecule has 2 aromatic rings. The minimum Gasteiger partial charge on any atom is -0.486 e. The van der Waals surface area contributed by atoms with Crippen molar-refractivity contribution in [3.05, 3.63) is 34.3 Å². The van der Waals surface area contributed by atoms with E-state index in [4.69, 9.17) is 14.2 Å². The van der Waals surface area contributed by atoms with Gasteiger partial charge in [0.25, 0.3) is 0 Å². The highest BCUT2D eigenvalue weighted by molar-refractivity contribution is 7.09. The molecule has 1 unspecified atom stereocenters. The zero-order chi connectivity index (χ0) is 15.4. The van der Waals surface area contributed by atoms with Crippen LogP contribution < -0.4 is 14.8 Å². The lowest BCUT2D eigenvalue weighted by atomic mass is 10.2. The number of fused-ring (bicyclic) bond motifs is 1. The molecule has 1 N–H and O–H groups in total. The second-order valence-corrected chi connectivity index (χ2v) is 5.85. The fourth-order valence-electron chi connectivity index (χ4n) is 2.31. The summed E-state index contributed by atoms with van der Waals surface area (Å²) in [6.07, 6.45) is 0.0463. The molecule has 0 fully saturated rings. The quantitative estimate of drug-likeness (QED) is 0.881. The van der Waals surface area contributed by atoms with Crippen LogP contribution in [-0.2, 0) is 11.3 Å². The van der Waals surface area contributed by atoms with Gasteiger partial charge in [0.05, 0.1) is 17.9 Å². The average Bonchev–Trinajstić information content (AvgIpc) is 3.02. The summed E-state index contributed by atoms with van der Waals surface area (Å²) in [5, 5.41) is 6.44. The monoisotopic (exact) mass is 320 g/mol. The first-order valence-corrected chi connectivity index (χ1v) is 8.34. The Bertz CT molecular complexity index is 630. The Morgan fingerprint density at radius 1 is 1.36 bits per heavy atom. The highest BCUT2D eigenvalue weighted by Crippen LogP contribution is 2.37. The molecular formula is C16H20N2O3S. The van der Waals surface area contributed by atoms with Crippen LogP contribution in [0.15, 0.2) is 23.6 Å². The van der Waals surface area contributed by atoms with E-state index >= 15 is 0 Å². The van der Waals surface area contributed by atoms with E-state index in [1.165, 1.54) is 0 Å². The van der Waals surface area contributed by atoms with Gasteiger partial charge in [-0.15, -0.1) is 11.3 Å². The van der Waals surface area contributed by atoms with Crippen LogP contribution in [0.3, 0.4) is 0 Å². The van der Waals surface area contributed by atoms with Crippen molar-refractivity contribution in [3.63, 3.8) is 0 Å². The Hall–Kier alpha value is -1.79. The SMILES string of the molecule is CCOC(C)c1nc(CNc2cccc3c2OCCO3)cs1. The summed E-state index contributed by atoms with van der Waals surface area (Å²) in [4.78, 5) is 4.61. The number of rotatable bonds is 6. The van der Waals surface area contributed by atoms with Crippen LogP contribution in [0.1, 0.15) is 30.7 Å². The van der Waals surface area contributed by atoms with Crippen LogP contribution >= 0.6 is 11.3 Å². The van der Waals surface area contributed by atoms with Gasteiger partial charge in [0, 0.05) is 12.0 Å². The lowest BCUT2D eigenvalue weighted by Gasteiger charge is -2.21. The van der Waals surface area contributed by atoms with Crippen LogP contribution in [0.2, 0.25) is 0 Å². The van der Waals surface area contributed by atoms with Gasteiger partial charge in [-0.1, -0.05) is 6.07 Å². The molecule has 1 aliphatic heterocycles. The third-order valence-electron chi connectivity index (χ3n) is 3.36. The molecule has 1 aromatic carbocycles. The van der Waals surface area contributed by atoms with E-state index in [2.05, 4.69) is 15.7 Å². The first-order valence-electron chi connectivity index (χ1n) is 7.46. The number of thiazole rings is 1. The van der Waals surface area contributed by atoms with E-state index < -0.39 is 0 Å². The minimum absolute atomic E-state index is 0.0463. The van der Waals surface area contributed by atoms with Crippen LogP contribution in [0.4, 0.5) is 5.69 Å². The number of hydrogen-bond acceptors (Lipinski definition) is 6. The standard InChI is InChI=1S/C16H20N2O3S/c1-3-19-11(2)16-18-12(10-22-16)9-17-13-5-4-6-14-15(13)21-8-7-20-14/h4-6,10-11,17H,3,7-9H2,1-2H3. The zero-order valence-corrected chi connectivity index (χ0v) is 13.6. The number of para-hydroxylation sites is 1. The van der Waals surface area contributed by atoms with E-state index in [9.17, 15) is 0 Å². The molecule has 118 valence electrons. The number of hydrogen-bond donors (Lipinski definition) is 1. The largest absolute Gasteiger partial charge is 0.486 e. The predicted octanol–water partition coefficient (Wildman–Crippen LogP) is 3.62. The van der Waals surface area contributed by atoms with Crippen molar-refractivity contribution in [1.82, 2.24) is 4.98 Å². The van der Waals surface area contributed by atoms with Crippen LogP contribution in [0, 0.1) is 0 Å². The topological polar surface area (TPSA) is 52.6 Å². The van der Waals surface area contributed by atoms with Gasteiger partial charge in [-0.3, -0.25) is 0 Å². The Balaban J connectivity index is 1.66. The van der Waals surface area contributed by atoms with Crippen molar-refractivity contribution in [1.29, 1.82) is 0 Å². The lowest BCUT2D eigenvalue weighted by molar-refractivity contribution is 0.0761. The van der Waals surface area contributed by atoms with Gasteiger partial charge in [-0.2, -0.15) is 0 Å². The lowest BCUT2D eigenvalue weighted by Crippen LogP contribution is -2.16. The maximum Gasteiger partial charge on any atom is 0.184 e. The van der Waals surface area contributed by atoms with Crippen molar-refractivity contribution in [2.75, 3.05) is 25.1 Å². The Morgan fingerprint density at radius 2 is 2.23 bits per heavy atom. The minimum atomic E-state index is 0.0463. The van der Waals surface area contributed by atoms with Crippen molar-refractivity contribution in [3.8, 4) is 11.5 Å². The number of aromatic nitrogens is 1. The Morgan fingerprint density at radius 3 is 3.09 bits per heavy atom. The average molecular weight is 320 g/mol. The van der Waals surface area contributed by atoms with Crippen molar-refractivity contribution < 1.29 is 14.2 Å².